The van der Waals surface area contributed by atoms with E-state index in [0.29, 0.717) is 5.69 Å². The normalized spacial score (nSPS) is 9.94. The van der Waals surface area contributed by atoms with E-state index in [0.717, 1.165) is 5.56 Å². The Labute approximate surface area is 97.8 Å². The van der Waals surface area contributed by atoms with Crippen molar-refractivity contribution in [2.75, 3.05) is 7.11 Å². The number of pyridine rings is 1. The lowest BCUT2D eigenvalue weighted by molar-refractivity contribution is -0.390. The molecule has 0 bridgehead atoms. The number of nitro groups is 1. The van der Waals surface area contributed by atoms with Crippen LogP contribution in [0.15, 0.2) is 42.5 Å². The average molecular weight is 230 g/mol. The van der Waals surface area contributed by atoms with Gasteiger partial charge in [0.2, 0.25) is 5.75 Å². The minimum Gasteiger partial charge on any atom is -0.489 e. The highest BCUT2D eigenvalue weighted by Gasteiger charge is 2.18. The van der Waals surface area contributed by atoms with Crippen LogP contribution in [0.2, 0.25) is 0 Å². The molecule has 2 aromatic rings. The summed E-state index contributed by atoms with van der Waals surface area (Å²) in [5.74, 6) is -0.108. The van der Waals surface area contributed by atoms with E-state index < -0.39 is 4.92 Å². The Morgan fingerprint density at radius 3 is 2.47 bits per heavy atom. The molecule has 0 amide bonds. The number of methoxy groups -OCH3 is 1. The number of hydrogen-bond donors (Lipinski definition) is 0. The minimum atomic E-state index is -0.550. The Morgan fingerprint density at radius 1 is 1.18 bits per heavy atom. The zero-order valence-electron chi connectivity index (χ0n) is 9.16. The molecule has 5 heteroatoms. The first-order valence-corrected chi connectivity index (χ1v) is 4.97. The number of benzene rings is 1. The van der Waals surface area contributed by atoms with Crippen molar-refractivity contribution < 1.29 is 9.66 Å². The highest BCUT2D eigenvalue weighted by molar-refractivity contribution is 5.61. The first-order valence-electron chi connectivity index (χ1n) is 4.97. The molecule has 0 unspecified atom stereocenters. The van der Waals surface area contributed by atoms with Crippen LogP contribution in [-0.2, 0) is 0 Å². The molecule has 17 heavy (non-hydrogen) atoms. The van der Waals surface area contributed by atoms with E-state index in [4.69, 9.17) is 4.74 Å². The van der Waals surface area contributed by atoms with Gasteiger partial charge in [-0.1, -0.05) is 30.3 Å². The third-order valence-electron chi connectivity index (χ3n) is 2.30. The molecule has 1 aromatic heterocycles. The Morgan fingerprint density at radius 2 is 1.88 bits per heavy atom. The lowest BCUT2D eigenvalue weighted by Gasteiger charge is -2.02. The predicted molar refractivity (Wildman–Crippen MR) is 62.9 cm³/mol. The van der Waals surface area contributed by atoms with Crippen LogP contribution in [0.4, 0.5) is 5.82 Å². The third kappa shape index (κ3) is 2.23. The molecular formula is C12H10N2O3. The summed E-state index contributed by atoms with van der Waals surface area (Å²) in [5.41, 5.74) is 1.39. The summed E-state index contributed by atoms with van der Waals surface area (Å²) in [6.07, 6.45) is 0. The lowest BCUT2D eigenvalue weighted by atomic mass is 10.1. The van der Waals surface area contributed by atoms with Gasteiger partial charge in [0.05, 0.1) is 7.11 Å². The monoisotopic (exact) mass is 230 g/mol. The van der Waals surface area contributed by atoms with Gasteiger partial charge in [0.15, 0.2) is 5.69 Å². The Hall–Kier alpha value is -2.43. The lowest BCUT2D eigenvalue weighted by Crippen LogP contribution is -1.97. The molecule has 1 heterocycles. The van der Waals surface area contributed by atoms with Gasteiger partial charge in [-0.3, -0.25) is 0 Å². The smallest absolute Gasteiger partial charge is 0.406 e. The van der Waals surface area contributed by atoms with E-state index in [-0.39, 0.29) is 11.6 Å². The van der Waals surface area contributed by atoms with Crippen LogP contribution in [0, 0.1) is 10.1 Å². The Kier molecular flexibility index (Phi) is 3.00. The largest absolute Gasteiger partial charge is 0.489 e. The first kappa shape index (κ1) is 11.1. The molecule has 0 saturated carbocycles. The molecule has 0 aliphatic rings. The van der Waals surface area contributed by atoms with Crippen molar-refractivity contribution in [1.82, 2.24) is 4.98 Å². The number of hydrogen-bond acceptors (Lipinski definition) is 4. The van der Waals surface area contributed by atoms with E-state index in [1.54, 1.807) is 12.1 Å². The number of rotatable bonds is 3. The molecule has 0 radical (unpaired) electrons. The van der Waals surface area contributed by atoms with Crippen molar-refractivity contribution in [3.05, 3.63) is 52.6 Å². The molecular weight excluding hydrogens is 220 g/mol. The molecule has 0 fully saturated rings. The molecule has 0 atom stereocenters. The van der Waals surface area contributed by atoms with Crippen LogP contribution >= 0.6 is 0 Å². The maximum atomic E-state index is 10.8. The van der Waals surface area contributed by atoms with Gasteiger partial charge >= 0.3 is 5.82 Å². The minimum absolute atomic E-state index is 0.162. The maximum absolute atomic E-state index is 10.8. The first-order chi connectivity index (χ1) is 8.22. The van der Waals surface area contributed by atoms with Crippen LogP contribution in [-0.4, -0.2) is 17.0 Å². The van der Waals surface area contributed by atoms with Crippen LogP contribution in [0.1, 0.15) is 0 Å². The van der Waals surface area contributed by atoms with Gasteiger partial charge in [0.25, 0.3) is 0 Å². The van der Waals surface area contributed by atoms with Gasteiger partial charge in [-0.25, -0.2) is 0 Å². The highest BCUT2D eigenvalue weighted by Crippen LogP contribution is 2.28. The Balaban J connectivity index is 2.51. The van der Waals surface area contributed by atoms with Gasteiger partial charge in [0.1, 0.15) is 0 Å². The predicted octanol–water partition coefficient (Wildman–Crippen LogP) is 2.67. The molecule has 5 nitrogen and oxygen atoms in total. The quantitative estimate of drug-likeness (QED) is 0.600. The second-order valence-electron chi connectivity index (χ2n) is 3.35. The fraction of sp³-hybridized carbons (Fsp3) is 0.0833. The topological polar surface area (TPSA) is 65.3 Å². The standard InChI is InChI=1S/C12H10N2O3/c1-17-11-8-7-10(13-12(11)14(15)16)9-5-3-2-4-6-9/h2-8H,1H3. The third-order valence-corrected chi connectivity index (χ3v) is 2.30. The molecule has 1 aromatic carbocycles. The molecule has 0 saturated heterocycles. The van der Waals surface area contributed by atoms with Crippen LogP contribution < -0.4 is 4.74 Å². The van der Waals surface area contributed by atoms with Gasteiger partial charge in [0, 0.05) is 5.56 Å². The zero-order valence-corrected chi connectivity index (χ0v) is 9.16. The maximum Gasteiger partial charge on any atom is 0.406 e. The van der Waals surface area contributed by atoms with Crippen molar-refractivity contribution in [2.45, 2.75) is 0 Å². The molecule has 0 aliphatic heterocycles. The second kappa shape index (κ2) is 4.61. The average Bonchev–Trinajstić information content (AvgIpc) is 2.39. The number of nitrogens with zero attached hydrogens (tertiary/aromatic N) is 2. The van der Waals surface area contributed by atoms with Gasteiger partial charge in [-0.15, -0.1) is 0 Å². The highest BCUT2D eigenvalue weighted by atomic mass is 16.6. The molecule has 86 valence electrons. The summed E-state index contributed by atoms with van der Waals surface area (Å²) >= 11 is 0. The molecule has 0 aliphatic carbocycles. The summed E-state index contributed by atoms with van der Waals surface area (Å²) in [5, 5.41) is 10.8. The zero-order chi connectivity index (χ0) is 12.3. The SMILES string of the molecule is COc1ccc(-c2ccccc2)nc1[N+](=O)[O-]. The molecule has 2 rings (SSSR count). The number of aromatic nitrogens is 1. The summed E-state index contributed by atoms with van der Waals surface area (Å²) < 4.78 is 4.89. The fourth-order valence-corrected chi connectivity index (χ4v) is 1.50. The van der Waals surface area contributed by atoms with Gasteiger partial charge < -0.3 is 14.9 Å². The summed E-state index contributed by atoms with van der Waals surface area (Å²) in [6.45, 7) is 0. The van der Waals surface area contributed by atoms with Crippen molar-refractivity contribution >= 4 is 5.82 Å². The van der Waals surface area contributed by atoms with Crippen LogP contribution in [0.5, 0.6) is 5.75 Å². The Bertz CT molecular complexity index is 541. The van der Waals surface area contributed by atoms with E-state index in [2.05, 4.69) is 4.98 Å². The molecule has 0 N–H and O–H groups in total. The van der Waals surface area contributed by atoms with E-state index in [1.807, 2.05) is 30.3 Å². The van der Waals surface area contributed by atoms with Crippen molar-refractivity contribution in [3.8, 4) is 17.0 Å². The van der Waals surface area contributed by atoms with E-state index >= 15 is 0 Å². The van der Waals surface area contributed by atoms with E-state index in [1.165, 1.54) is 7.11 Å². The summed E-state index contributed by atoms with van der Waals surface area (Å²) in [7, 11) is 1.38. The van der Waals surface area contributed by atoms with Crippen molar-refractivity contribution in [3.63, 3.8) is 0 Å². The summed E-state index contributed by atoms with van der Waals surface area (Å²) in [6, 6.07) is 12.5. The van der Waals surface area contributed by atoms with Crippen LogP contribution in [0.3, 0.4) is 0 Å². The summed E-state index contributed by atoms with van der Waals surface area (Å²) in [4.78, 5) is 14.3. The van der Waals surface area contributed by atoms with Crippen molar-refractivity contribution in [1.29, 1.82) is 0 Å². The van der Waals surface area contributed by atoms with Crippen LogP contribution in [0.25, 0.3) is 11.3 Å². The van der Waals surface area contributed by atoms with E-state index in [9.17, 15) is 10.1 Å². The number of ether oxygens (including phenoxy) is 1. The molecule has 0 spiro atoms. The van der Waals surface area contributed by atoms with Crippen molar-refractivity contribution in [2.24, 2.45) is 0 Å². The van der Waals surface area contributed by atoms with Gasteiger partial charge in [-0.2, -0.15) is 0 Å². The second-order valence-corrected chi connectivity index (χ2v) is 3.35. The van der Waals surface area contributed by atoms with Gasteiger partial charge in [-0.05, 0) is 22.0 Å². The fourth-order valence-electron chi connectivity index (χ4n) is 1.50.